The van der Waals surface area contributed by atoms with Gasteiger partial charge in [-0.05, 0) is 36.6 Å². The van der Waals surface area contributed by atoms with Crippen LogP contribution in [0, 0.1) is 11.2 Å². The average molecular weight is 423 g/mol. The SMILES string of the molecule is O=S(=O)(NCC1(CF)CCOCC1)c1ccc(N2Cc3cccc(F)c3C2)nc1. The number of alkyl halides is 1. The Balaban J connectivity index is 1.44. The summed E-state index contributed by atoms with van der Waals surface area (Å²) in [6, 6.07) is 8.06. The van der Waals surface area contributed by atoms with Crippen molar-refractivity contribution in [1.29, 1.82) is 0 Å². The lowest BCUT2D eigenvalue weighted by atomic mass is 9.82. The molecule has 6 nitrogen and oxygen atoms in total. The summed E-state index contributed by atoms with van der Waals surface area (Å²) in [5.74, 6) is 0.326. The van der Waals surface area contributed by atoms with Gasteiger partial charge >= 0.3 is 0 Å². The molecule has 0 saturated carbocycles. The quantitative estimate of drug-likeness (QED) is 0.774. The molecule has 2 aliphatic rings. The number of anilines is 1. The predicted molar refractivity (Wildman–Crippen MR) is 104 cm³/mol. The summed E-state index contributed by atoms with van der Waals surface area (Å²) in [5.41, 5.74) is 0.822. The van der Waals surface area contributed by atoms with Crippen LogP contribution in [-0.2, 0) is 27.8 Å². The maximum absolute atomic E-state index is 13.9. The van der Waals surface area contributed by atoms with Gasteiger partial charge in [-0.2, -0.15) is 0 Å². The normalized spacial score (nSPS) is 18.6. The molecule has 156 valence electrons. The molecule has 0 spiro atoms. The number of sulfonamides is 1. The molecule has 3 heterocycles. The molecule has 9 heteroatoms. The molecule has 0 bridgehead atoms. The van der Waals surface area contributed by atoms with Gasteiger partial charge in [0.2, 0.25) is 10.0 Å². The topological polar surface area (TPSA) is 71.5 Å². The number of aromatic nitrogens is 1. The van der Waals surface area contributed by atoms with Gasteiger partial charge in [-0.3, -0.25) is 4.39 Å². The summed E-state index contributed by atoms with van der Waals surface area (Å²) in [4.78, 5) is 6.17. The Morgan fingerprint density at radius 3 is 2.62 bits per heavy atom. The Labute approximate surface area is 168 Å². The molecule has 2 aromatic rings. The highest BCUT2D eigenvalue weighted by Gasteiger charge is 2.34. The van der Waals surface area contributed by atoms with Crippen molar-refractivity contribution in [2.45, 2.75) is 30.8 Å². The molecule has 0 radical (unpaired) electrons. The van der Waals surface area contributed by atoms with Crippen LogP contribution in [0.1, 0.15) is 24.0 Å². The monoisotopic (exact) mass is 423 g/mol. The summed E-state index contributed by atoms with van der Waals surface area (Å²) < 4.78 is 60.5. The lowest BCUT2D eigenvalue weighted by Gasteiger charge is -2.34. The fourth-order valence-corrected chi connectivity index (χ4v) is 4.86. The summed E-state index contributed by atoms with van der Waals surface area (Å²) >= 11 is 0. The highest BCUT2D eigenvalue weighted by Crippen LogP contribution is 2.31. The zero-order chi connectivity index (χ0) is 20.5. The van der Waals surface area contributed by atoms with Gasteiger partial charge in [0.25, 0.3) is 0 Å². The van der Waals surface area contributed by atoms with Crippen molar-refractivity contribution in [2.24, 2.45) is 5.41 Å². The molecule has 2 aliphatic heterocycles. The Bertz CT molecular complexity index is 977. The van der Waals surface area contributed by atoms with Crippen molar-refractivity contribution in [3.05, 3.63) is 53.5 Å². The van der Waals surface area contributed by atoms with E-state index >= 15 is 0 Å². The van der Waals surface area contributed by atoms with Gasteiger partial charge in [-0.1, -0.05) is 12.1 Å². The second-order valence-corrected chi connectivity index (χ2v) is 9.42. The van der Waals surface area contributed by atoms with Gasteiger partial charge in [0, 0.05) is 50.0 Å². The number of hydrogen-bond acceptors (Lipinski definition) is 5. The first kappa shape index (κ1) is 20.2. The number of rotatable bonds is 6. The number of nitrogens with zero attached hydrogens (tertiary/aromatic N) is 2. The van der Waals surface area contributed by atoms with Crippen LogP contribution in [0.5, 0.6) is 0 Å². The molecule has 0 atom stereocenters. The summed E-state index contributed by atoms with van der Waals surface area (Å²) in [6.07, 6.45) is 2.24. The van der Waals surface area contributed by atoms with Gasteiger partial charge in [0.15, 0.2) is 0 Å². The number of benzene rings is 1. The van der Waals surface area contributed by atoms with Crippen molar-refractivity contribution >= 4 is 15.8 Å². The maximum atomic E-state index is 13.9. The van der Waals surface area contributed by atoms with E-state index in [9.17, 15) is 17.2 Å². The Morgan fingerprint density at radius 1 is 1.17 bits per heavy atom. The minimum absolute atomic E-state index is 0.0187. The van der Waals surface area contributed by atoms with Crippen LogP contribution in [0.25, 0.3) is 0 Å². The smallest absolute Gasteiger partial charge is 0.242 e. The summed E-state index contributed by atoms with van der Waals surface area (Å²) in [5, 5.41) is 0. The molecule has 4 rings (SSSR count). The Hall–Kier alpha value is -2.10. The van der Waals surface area contributed by atoms with Crippen molar-refractivity contribution in [1.82, 2.24) is 9.71 Å². The second-order valence-electron chi connectivity index (χ2n) is 7.66. The van der Waals surface area contributed by atoms with Crippen LogP contribution in [0.3, 0.4) is 0 Å². The minimum Gasteiger partial charge on any atom is -0.381 e. The van der Waals surface area contributed by atoms with Crippen LogP contribution in [0.15, 0.2) is 41.4 Å². The molecule has 1 saturated heterocycles. The zero-order valence-corrected chi connectivity index (χ0v) is 16.7. The molecule has 29 heavy (non-hydrogen) atoms. The fourth-order valence-electron chi connectivity index (χ4n) is 3.75. The maximum Gasteiger partial charge on any atom is 0.242 e. The van der Waals surface area contributed by atoms with Gasteiger partial charge < -0.3 is 9.64 Å². The Morgan fingerprint density at radius 2 is 1.97 bits per heavy atom. The molecule has 0 unspecified atom stereocenters. The number of pyridine rings is 1. The van der Waals surface area contributed by atoms with Crippen LogP contribution in [0.4, 0.5) is 14.6 Å². The molecular formula is C20H23F2N3O3S. The first-order valence-corrected chi connectivity index (χ1v) is 11.0. The van der Waals surface area contributed by atoms with E-state index < -0.39 is 22.1 Å². The van der Waals surface area contributed by atoms with Gasteiger partial charge in [-0.15, -0.1) is 0 Å². The zero-order valence-electron chi connectivity index (χ0n) is 15.9. The van der Waals surface area contributed by atoms with E-state index in [-0.39, 0.29) is 17.3 Å². The van der Waals surface area contributed by atoms with E-state index in [4.69, 9.17) is 4.74 Å². The van der Waals surface area contributed by atoms with Crippen molar-refractivity contribution in [2.75, 3.05) is 31.3 Å². The average Bonchev–Trinajstić information content (AvgIpc) is 3.19. The molecule has 1 aromatic carbocycles. The number of halogens is 2. The minimum atomic E-state index is -3.81. The van der Waals surface area contributed by atoms with E-state index in [0.717, 1.165) is 5.56 Å². The van der Waals surface area contributed by atoms with Crippen molar-refractivity contribution in [3.63, 3.8) is 0 Å². The number of ether oxygens (including phenoxy) is 1. The summed E-state index contributed by atoms with van der Waals surface area (Å²) in [7, 11) is -3.81. The van der Waals surface area contributed by atoms with E-state index in [1.807, 2.05) is 11.0 Å². The number of hydrogen-bond donors (Lipinski definition) is 1. The van der Waals surface area contributed by atoms with E-state index in [1.165, 1.54) is 18.3 Å². The molecule has 1 N–H and O–H groups in total. The fraction of sp³-hybridized carbons (Fsp3) is 0.450. The number of fused-ring (bicyclic) bond motifs is 1. The molecule has 0 aliphatic carbocycles. The van der Waals surface area contributed by atoms with Crippen LogP contribution in [0.2, 0.25) is 0 Å². The van der Waals surface area contributed by atoms with E-state index in [1.54, 1.807) is 12.1 Å². The van der Waals surface area contributed by atoms with Crippen LogP contribution >= 0.6 is 0 Å². The summed E-state index contributed by atoms with van der Waals surface area (Å²) in [6.45, 7) is 1.20. The molecule has 0 amide bonds. The third kappa shape index (κ3) is 4.12. The third-order valence-electron chi connectivity index (χ3n) is 5.76. The standard InChI is InChI=1S/C20H23F2N3O3S/c21-13-20(6-8-28-9-7-20)14-24-29(26,27)16-4-5-19(23-10-16)25-11-15-2-1-3-18(22)17(15)12-25/h1-5,10,24H,6-9,11-14H2. The van der Waals surface area contributed by atoms with E-state index in [0.29, 0.717) is 50.5 Å². The molecule has 1 aromatic heterocycles. The van der Waals surface area contributed by atoms with Gasteiger partial charge in [0.1, 0.15) is 16.5 Å². The molecule has 1 fully saturated rings. The van der Waals surface area contributed by atoms with Crippen LogP contribution < -0.4 is 9.62 Å². The van der Waals surface area contributed by atoms with E-state index in [2.05, 4.69) is 9.71 Å². The second kappa shape index (κ2) is 7.97. The van der Waals surface area contributed by atoms with Gasteiger partial charge in [-0.25, -0.2) is 22.5 Å². The van der Waals surface area contributed by atoms with Crippen LogP contribution in [-0.4, -0.2) is 39.8 Å². The molecular weight excluding hydrogens is 400 g/mol. The van der Waals surface area contributed by atoms with Gasteiger partial charge in [0.05, 0.1) is 6.67 Å². The largest absolute Gasteiger partial charge is 0.381 e. The first-order chi connectivity index (χ1) is 13.9. The Kier molecular flexibility index (Phi) is 5.54. The lowest BCUT2D eigenvalue weighted by Crippen LogP contribution is -2.42. The third-order valence-corrected chi connectivity index (χ3v) is 7.14. The van der Waals surface area contributed by atoms with Crippen molar-refractivity contribution < 1.29 is 21.9 Å². The highest BCUT2D eigenvalue weighted by molar-refractivity contribution is 7.89. The first-order valence-electron chi connectivity index (χ1n) is 9.53. The lowest BCUT2D eigenvalue weighted by molar-refractivity contribution is 0.00488. The predicted octanol–water partition coefficient (Wildman–Crippen LogP) is 2.79. The van der Waals surface area contributed by atoms with Crippen molar-refractivity contribution in [3.8, 4) is 0 Å². The highest BCUT2D eigenvalue weighted by atomic mass is 32.2. The number of nitrogens with one attached hydrogen (secondary N) is 1.